The molecular weight excluding hydrogens is 369 g/mol. The molecule has 130 valence electrons. The summed E-state index contributed by atoms with van der Waals surface area (Å²) in [6.45, 7) is 13.4. The maximum Gasteiger partial charge on any atom is 3.00 e. The molecule has 3 heteroatoms. The first-order valence-corrected chi connectivity index (χ1v) is 8.79. The van der Waals surface area contributed by atoms with Gasteiger partial charge in [0.15, 0.2) is 0 Å². The van der Waals surface area contributed by atoms with E-state index in [1.807, 2.05) is 11.8 Å². The monoisotopic (exact) mass is 402 g/mol. The van der Waals surface area contributed by atoms with Crippen LogP contribution in [0, 0.1) is 0 Å². The average Bonchev–Trinajstić information content (AvgIpc) is 3.30. The van der Waals surface area contributed by atoms with Crippen LogP contribution in [0.4, 0.5) is 0 Å². The molecule has 0 aliphatic heterocycles. The molecular formula is C21H33N2Y. The quantitative estimate of drug-likeness (QED) is 0.281. The van der Waals surface area contributed by atoms with Crippen LogP contribution < -0.4 is 0 Å². The number of hydrogen-bond donors (Lipinski definition) is 0. The Morgan fingerprint density at radius 1 is 0.750 bits per heavy atom. The third-order valence-electron chi connectivity index (χ3n) is 3.41. The zero-order valence-electron chi connectivity index (χ0n) is 16.1. The SMILES string of the molecule is CCN=[C-]N(CC)CC.CC[c-]1cccc1.CC[c-]1cccc1.[Y+3]. The fourth-order valence-electron chi connectivity index (χ4n) is 1.83. The van der Waals surface area contributed by atoms with E-state index < -0.39 is 0 Å². The summed E-state index contributed by atoms with van der Waals surface area (Å²) in [4.78, 5) is 6.03. The van der Waals surface area contributed by atoms with E-state index in [1.165, 1.54) is 11.1 Å². The van der Waals surface area contributed by atoms with Crippen LogP contribution in [0.25, 0.3) is 0 Å². The third-order valence-corrected chi connectivity index (χ3v) is 3.41. The van der Waals surface area contributed by atoms with Gasteiger partial charge in [0.05, 0.1) is 0 Å². The fraction of sp³-hybridized carbons (Fsp3) is 0.476. The van der Waals surface area contributed by atoms with Gasteiger partial charge < -0.3 is 9.89 Å². The average molecular weight is 402 g/mol. The molecule has 2 nitrogen and oxygen atoms in total. The summed E-state index contributed by atoms with van der Waals surface area (Å²) >= 11 is 0. The van der Waals surface area contributed by atoms with Gasteiger partial charge >= 0.3 is 32.7 Å². The van der Waals surface area contributed by atoms with Crippen molar-refractivity contribution in [2.75, 3.05) is 19.6 Å². The second-order valence-electron chi connectivity index (χ2n) is 5.04. The second-order valence-corrected chi connectivity index (χ2v) is 5.04. The summed E-state index contributed by atoms with van der Waals surface area (Å²) in [6.07, 6.45) is 5.25. The summed E-state index contributed by atoms with van der Waals surface area (Å²) in [5.41, 5.74) is 2.86. The smallest absolute Gasteiger partial charge is 0.538 e. The summed E-state index contributed by atoms with van der Waals surface area (Å²) in [7, 11) is 0. The Kier molecular flexibility index (Phi) is 19.8. The number of aryl methyl sites for hydroxylation is 2. The van der Waals surface area contributed by atoms with E-state index in [0.29, 0.717) is 0 Å². The molecule has 24 heavy (non-hydrogen) atoms. The van der Waals surface area contributed by atoms with Gasteiger partial charge in [0.1, 0.15) is 0 Å². The van der Waals surface area contributed by atoms with Gasteiger partial charge in [-0.15, -0.1) is 0 Å². The minimum Gasteiger partial charge on any atom is -0.538 e. The van der Waals surface area contributed by atoms with Gasteiger partial charge in [0.2, 0.25) is 0 Å². The van der Waals surface area contributed by atoms with E-state index in [0.717, 1.165) is 32.5 Å². The van der Waals surface area contributed by atoms with E-state index in [1.54, 1.807) is 0 Å². The van der Waals surface area contributed by atoms with Crippen molar-refractivity contribution in [2.24, 2.45) is 4.99 Å². The largest absolute Gasteiger partial charge is 3.00 e. The Labute approximate surface area is 175 Å². The number of aliphatic imine (C=N–C) groups is 1. The standard InChI is InChI=1S/C7H15N2.2C7H9.Y/c1-4-8-7-9(5-2)6-3;2*1-2-7-5-3-4-6-7;/h4-6H2,1-3H3;2*3-6H,2H2,1H3;/q3*-1;+3. The molecule has 0 amide bonds. The molecule has 2 aromatic carbocycles. The first kappa shape index (κ1) is 25.5. The summed E-state index contributed by atoms with van der Waals surface area (Å²) < 4.78 is 0. The molecule has 0 atom stereocenters. The molecule has 2 aromatic rings. The van der Waals surface area contributed by atoms with Crippen molar-refractivity contribution in [1.82, 2.24) is 4.90 Å². The molecule has 0 aliphatic carbocycles. The van der Waals surface area contributed by atoms with E-state index >= 15 is 0 Å². The molecule has 0 bridgehead atoms. The predicted octanol–water partition coefficient (Wildman–Crippen LogP) is 5.19. The maximum absolute atomic E-state index is 3.99. The van der Waals surface area contributed by atoms with Gasteiger partial charge in [0, 0.05) is 0 Å². The molecule has 0 radical (unpaired) electrons. The molecule has 0 heterocycles. The number of rotatable bonds is 6. The minimum absolute atomic E-state index is 0. The van der Waals surface area contributed by atoms with Crippen LogP contribution in [-0.4, -0.2) is 30.9 Å². The summed E-state index contributed by atoms with van der Waals surface area (Å²) in [6, 6.07) is 16.8. The van der Waals surface area contributed by atoms with Crippen molar-refractivity contribution in [2.45, 2.75) is 47.5 Å². The van der Waals surface area contributed by atoms with Crippen LogP contribution in [0.1, 0.15) is 45.7 Å². The van der Waals surface area contributed by atoms with Gasteiger partial charge in [-0.05, 0) is 26.6 Å². The molecule has 0 saturated carbocycles. The van der Waals surface area contributed by atoms with E-state index in [-0.39, 0.29) is 32.7 Å². The first-order chi connectivity index (χ1) is 11.2. The Morgan fingerprint density at radius 2 is 1.12 bits per heavy atom. The molecule has 0 N–H and O–H groups in total. The molecule has 0 unspecified atom stereocenters. The van der Waals surface area contributed by atoms with Crippen molar-refractivity contribution < 1.29 is 32.7 Å². The van der Waals surface area contributed by atoms with Crippen LogP contribution in [0.2, 0.25) is 0 Å². The van der Waals surface area contributed by atoms with Crippen LogP contribution in [0.5, 0.6) is 0 Å². The second kappa shape index (κ2) is 18.6. The van der Waals surface area contributed by atoms with Crippen LogP contribution >= 0.6 is 0 Å². The number of nitrogens with zero attached hydrogens (tertiary/aromatic N) is 2. The van der Waals surface area contributed by atoms with Crippen LogP contribution in [-0.2, 0) is 45.6 Å². The maximum atomic E-state index is 3.99. The summed E-state index contributed by atoms with van der Waals surface area (Å²) in [5, 5.41) is 0. The van der Waals surface area contributed by atoms with Gasteiger partial charge in [-0.1, -0.05) is 40.5 Å². The molecule has 2 rings (SSSR count). The van der Waals surface area contributed by atoms with Gasteiger partial charge in [-0.3, -0.25) is 6.34 Å². The number of hydrogen-bond acceptors (Lipinski definition) is 1. The topological polar surface area (TPSA) is 15.6 Å². The van der Waals surface area contributed by atoms with E-state index in [4.69, 9.17) is 0 Å². The van der Waals surface area contributed by atoms with E-state index in [9.17, 15) is 0 Å². The third kappa shape index (κ3) is 13.7. The predicted molar refractivity (Wildman–Crippen MR) is 104 cm³/mol. The van der Waals surface area contributed by atoms with Crippen LogP contribution in [0.15, 0.2) is 53.5 Å². The zero-order valence-corrected chi connectivity index (χ0v) is 19.0. The molecule has 0 saturated heterocycles. The van der Waals surface area contributed by atoms with Crippen molar-refractivity contribution in [3.63, 3.8) is 0 Å². The minimum atomic E-state index is 0. The van der Waals surface area contributed by atoms with Crippen molar-refractivity contribution >= 4 is 6.34 Å². The molecule has 0 aromatic heterocycles. The molecule has 0 fully saturated rings. The molecule has 0 spiro atoms. The Bertz CT molecular complexity index is 420. The van der Waals surface area contributed by atoms with Crippen molar-refractivity contribution in [3.05, 3.63) is 59.7 Å². The Balaban J connectivity index is 0. The summed E-state index contributed by atoms with van der Waals surface area (Å²) in [5.74, 6) is 0. The van der Waals surface area contributed by atoms with Gasteiger partial charge in [0.25, 0.3) is 0 Å². The van der Waals surface area contributed by atoms with Gasteiger partial charge in [-0.25, -0.2) is 24.3 Å². The first-order valence-electron chi connectivity index (χ1n) is 8.79. The Hall–Kier alpha value is -0.726. The Morgan fingerprint density at radius 3 is 1.33 bits per heavy atom. The molecule has 0 aliphatic rings. The van der Waals surface area contributed by atoms with Crippen molar-refractivity contribution in [1.29, 1.82) is 0 Å². The fourth-order valence-corrected chi connectivity index (χ4v) is 1.83. The van der Waals surface area contributed by atoms with Crippen LogP contribution in [0.3, 0.4) is 0 Å². The van der Waals surface area contributed by atoms with E-state index in [2.05, 4.69) is 87.6 Å². The van der Waals surface area contributed by atoms with Gasteiger partial charge in [-0.2, -0.15) is 35.4 Å². The van der Waals surface area contributed by atoms with Crippen molar-refractivity contribution in [3.8, 4) is 0 Å². The normalized spacial score (nSPS) is 9.38. The zero-order chi connectivity index (χ0) is 17.3.